The Morgan fingerprint density at radius 3 is 2.55 bits per heavy atom. The summed E-state index contributed by atoms with van der Waals surface area (Å²) < 4.78 is 0. The molecule has 0 spiro atoms. The fraction of sp³-hybridized carbons (Fsp3) is 0.250. The lowest BCUT2D eigenvalue weighted by Gasteiger charge is -2.36. The number of rotatable bonds is 6. The summed E-state index contributed by atoms with van der Waals surface area (Å²) in [6, 6.07) is 17.5. The number of nitro groups is 1. The third kappa shape index (κ3) is 5.23. The molecular weight excluding hydrogens is 442 g/mol. The van der Waals surface area contributed by atoms with Crippen LogP contribution in [0.1, 0.15) is 29.0 Å². The lowest BCUT2D eigenvalue weighted by Crippen LogP contribution is -2.48. The van der Waals surface area contributed by atoms with Crippen LogP contribution in [0, 0.1) is 10.1 Å². The minimum Gasteiger partial charge on any atom is -0.371 e. The van der Waals surface area contributed by atoms with Crippen LogP contribution in [0.15, 0.2) is 66.9 Å². The van der Waals surface area contributed by atoms with Crippen molar-refractivity contribution in [2.45, 2.75) is 13.0 Å². The van der Waals surface area contributed by atoms with E-state index in [2.05, 4.69) is 15.2 Å². The van der Waals surface area contributed by atoms with Gasteiger partial charge in [-0.15, -0.1) is 0 Å². The Labute approximate surface area is 197 Å². The van der Waals surface area contributed by atoms with Crippen molar-refractivity contribution in [1.82, 2.24) is 9.88 Å². The number of halogens is 1. The molecule has 2 heterocycles. The number of carbonyl (C=O) groups is 1. The molecule has 170 valence electrons. The molecule has 2 aromatic carbocycles. The van der Waals surface area contributed by atoms with Crippen molar-refractivity contribution < 1.29 is 9.72 Å². The molecule has 1 aromatic heterocycles. The third-order valence-electron chi connectivity index (χ3n) is 5.69. The predicted octanol–water partition coefficient (Wildman–Crippen LogP) is 4.78. The largest absolute Gasteiger partial charge is 0.371 e. The number of nitrogens with zero attached hydrogens (tertiary/aromatic N) is 4. The van der Waals surface area contributed by atoms with Gasteiger partial charge in [-0.3, -0.25) is 19.9 Å². The van der Waals surface area contributed by atoms with Gasteiger partial charge in [0, 0.05) is 54.7 Å². The van der Waals surface area contributed by atoms with Crippen LogP contribution in [0.3, 0.4) is 0 Å². The molecule has 9 heteroatoms. The average molecular weight is 466 g/mol. The van der Waals surface area contributed by atoms with Crippen molar-refractivity contribution in [3.63, 3.8) is 0 Å². The Balaban J connectivity index is 1.46. The number of nitrogens with one attached hydrogen (secondary N) is 1. The normalized spacial score (nSPS) is 14.6. The smallest absolute Gasteiger partial charge is 0.293 e. The summed E-state index contributed by atoms with van der Waals surface area (Å²) >= 11 is 6.09. The van der Waals surface area contributed by atoms with E-state index in [1.54, 1.807) is 23.2 Å². The molecule has 4 rings (SSSR count). The maximum Gasteiger partial charge on any atom is 0.293 e. The predicted molar refractivity (Wildman–Crippen MR) is 129 cm³/mol. The number of anilines is 2. The van der Waals surface area contributed by atoms with Gasteiger partial charge in [0.05, 0.1) is 16.7 Å². The molecule has 1 unspecified atom stereocenters. The Morgan fingerprint density at radius 1 is 1.09 bits per heavy atom. The Hall–Kier alpha value is -3.65. The number of hydrogen-bond acceptors (Lipinski definition) is 6. The van der Waals surface area contributed by atoms with Gasteiger partial charge in [-0.25, -0.2) is 0 Å². The van der Waals surface area contributed by atoms with E-state index >= 15 is 0 Å². The van der Waals surface area contributed by atoms with E-state index in [1.165, 1.54) is 6.07 Å². The molecule has 0 bridgehead atoms. The van der Waals surface area contributed by atoms with E-state index < -0.39 is 4.92 Å². The number of aromatic nitrogens is 1. The van der Waals surface area contributed by atoms with Crippen molar-refractivity contribution in [3.8, 4) is 0 Å². The van der Waals surface area contributed by atoms with Gasteiger partial charge in [0.15, 0.2) is 0 Å². The molecular formula is C24H24ClN5O3. The zero-order valence-corrected chi connectivity index (χ0v) is 18.9. The highest BCUT2D eigenvalue weighted by Gasteiger charge is 2.25. The summed E-state index contributed by atoms with van der Waals surface area (Å²) in [5.41, 5.74) is 2.29. The van der Waals surface area contributed by atoms with Gasteiger partial charge in [0.2, 0.25) is 0 Å². The molecule has 33 heavy (non-hydrogen) atoms. The molecule has 1 aliphatic rings. The van der Waals surface area contributed by atoms with E-state index in [0.29, 0.717) is 42.5 Å². The van der Waals surface area contributed by atoms with Gasteiger partial charge in [-0.1, -0.05) is 23.7 Å². The van der Waals surface area contributed by atoms with Gasteiger partial charge in [-0.05, 0) is 49.4 Å². The Morgan fingerprint density at radius 2 is 1.88 bits per heavy atom. The van der Waals surface area contributed by atoms with Crippen LogP contribution in [-0.4, -0.2) is 46.9 Å². The van der Waals surface area contributed by atoms with Crippen molar-refractivity contribution >= 4 is 34.6 Å². The highest BCUT2D eigenvalue weighted by Crippen LogP contribution is 2.30. The first-order valence-electron chi connectivity index (χ1n) is 10.7. The zero-order valence-electron chi connectivity index (χ0n) is 18.1. The number of nitro benzene ring substituents is 1. The fourth-order valence-electron chi connectivity index (χ4n) is 3.90. The second kappa shape index (κ2) is 9.87. The molecule has 1 amide bonds. The zero-order chi connectivity index (χ0) is 23.4. The Bertz CT molecular complexity index is 1150. The topological polar surface area (TPSA) is 91.6 Å². The van der Waals surface area contributed by atoms with Crippen molar-refractivity contribution in [3.05, 3.63) is 93.3 Å². The number of carbonyl (C=O) groups excluding carboxylic acids is 1. The molecule has 0 saturated carbocycles. The van der Waals surface area contributed by atoms with E-state index in [9.17, 15) is 14.9 Å². The molecule has 1 atom stereocenters. The lowest BCUT2D eigenvalue weighted by atomic mass is 10.1. The van der Waals surface area contributed by atoms with Gasteiger partial charge in [0.1, 0.15) is 5.69 Å². The average Bonchev–Trinajstić information content (AvgIpc) is 2.84. The van der Waals surface area contributed by atoms with Gasteiger partial charge in [-0.2, -0.15) is 0 Å². The molecule has 1 saturated heterocycles. The monoisotopic (exact) mass is 465 g/mol. The highest BCUT2D eigenvalue weighted by molar-refractivity contribution is 6.30. The second-order valence-electron chi connectivity index (χ2n) is 7.87. The van der Waals surface area contributed by atoms with Crippen LogP contribution in [-0.2, 0) is 0 Å². The SMILES string of the molecule is CC(Nc1ccc(C(=O)N2CCN(c3cccc(Cl)c3)CC2)cc1[N+](=O)[O-])c1ccccn1. The number of piperazine rings is 1. The van der Waals surface area contributed by atoms with Crippen LogP contribution < -0.4 is 10.2 Å². The van der Waals surface area contributed by atoms with Crippen molar-refractivity contribution in [2.75, 3.05) is 36.4 Å². The number of pyridine rings is 1. The van der Waals surface area contributed by atoms with Crippen LogP contribution in [0.25, 0.3) is 0 Å². The van der Waals surface area contributed by atoms with E-state index in [-0.39, 0.29) is 17.6 Å². The lowest BCUT2D eigenvalue weighted by molar-refractivity contribution is -0.384. The second-order valence-corrected chi connectivity index (χ2v) is 8.31. The van der Waals surface area contributed by atoms with Crippen LogP contribution in [0.5, 0.6) is 0 Å². The summed E-state index contributed by atoms with van der Waals surface area (Å²) in [7, 11) is 0. The number of hydrogen-bond donors (Lipinski definition) is 1. The van der Waals surface area contributed by atoms with Crippen LogP contribution in [0.4, 0.5) is 17.1 Å². The third-order valence-corrected chi connectivity index (χ3v) is 5.92. The Kier molecular flexibility index (Phi) is 6.74. The van der Waals surface area contributed by atoms with E-state index in [1.807, 2.05) is 49.4 Å². The number of amides is 1. The summed E-state index contributed by atoms with van der Waals surface area (Å²) in [6.07, 6.45) is 1.68. The van der Waals surface area contributed by atoms with E-state index in [0.717, 1.165) is 11.4 Å². The van der Waals surface area contributed by atoms with Crippen LogP contribution in [0.2, 0.25) is 5.02 Å². The standard InChI is InChI=1S/C24H24ClN5O3/c1-17(21-7-2-3-10-26-21)27-22-9-8-18(15-23(22)30(32)33)24(31)29-13-11-28(12-14-29)20-6-4-5-19(25)16-20/h2-10,15-17,27H,11-14H2,1H3. The first kappa shape index (κ1) is 22.5. The first-order valence-corrected chi connectivity index (χ1v) is 11.1. The van der Waals surface area contributed by atoms with Crippen LogP contribution >= 0.6 is 11.6 Å². The molecule has 1 fully saturated rings. The minimum atomic E-state index is -0.471. The number of benzene rings is 2. The van der Waals surface area contributed by atoms with E-state index in [4.69, 9.17) is 11.6 Å². The summed E-state index contributed by atoms with van der Waals surface area (Å²) in [5, 5.41) is 15.5. The van der Waals surface area contributed by atoms with Gasteiger partial charge in [0.25, 0.3) is 11.6 Å². The van der Waals surface area contributed by atoms with Crippen molar-refractivity contribution in [2.24, 2.45) is 0 Å². The molecule has 3 aromatic rings. The fourth-order valence-corrected chi connectivity index (χ4v) is 4.08. The molecule has 0 radical (unpaired) electrons. The van der Waals surface area contributed by atoms with Gasteiger partial charge < -0.3 is 15.1 Å². The molecule has 1 aliphatic heterocycles. The summed E-state index contributed by atoms with van der Waals surface area (Å²) in [4.78, 5) is 32.5. The first-order chi connectivity index (χ1) is 15.9. The molecule has 8 nitrogen and oxygen atoms in total. The maximum absolute atomic E-state index is 13.1. The highest BCUT2D eigenvalue weighted by atomic mass is 35.5. The summed E-state index contributed by atoms with van der Waals surface area (Å²) in [6.45, 7) is 4.25. The van der Waals surface area contributed by atoms with Gasteiger partial charge >= 0.3 is 0 Å². The summed E-state index contributed by atoms with van der Waals surface area (Å²) in [5.74, 6) is -0.215. The quantitative estimate of drug-likeness (QED) is 0.416. The minimum absolute atomic E-state index is 0.138. The maximum atomic E-state index is 13.1. The van der Waals surface area contributed by atoms with Crippen molar-refractivity contribution in [1.29, 1.82) is 0 Å². The molecule has 0 aliphatic carbocycles. The molecule has 1 N–H and O–H groups in total.